The van der Waals surface area contributed by atoms with Crippen molar-refractivity contribution < 1.29 is 14.7 Å². The highest BCUT2D eigenvalue weighted by molar-refractivity contribution is 5.77. The summed E-state index contributed by atoms with van der Waals surface area (Å²) >= 11 is 0. The number of benzene rings is 1. The van der Waals surface area contributed by atoms with Gasteiger partial charge in [0.1, 0.15) is 0 Å². The Morgan fingerprint density at radius 1 is 1.07 bits per heavy atom. The van der Waals surface area contributed by atoms with E-state index in [4.69, 9.17) is 6.42 Å². The number of hydrogen-bond donors (Lipinski definition) is 4. The van der Waals surface area contributed by atoms with E-state index >= 15 is 0 Å². The maximum atomic E-state index is 11.6. The first kappa shape index (κ1) is 39.7. The largest absolute Gasteiger partial charge is 0.391 e. The molecule has 2 atom stereocenters. The van der Waals surface area contributed by atoms with Crippen molar-refractivity contribution in [3.8, 4) is 12.3 Å². The van der Waals surface area contributed by atoms with Crippen LogP contribution in [0.1, 0.15) is 106 Å². The molecule has 0 spiro atoms. The van der Waals surface area contributed by atoms with Crippen LogP contribution in [0, 0.1) is 23.2 Å². The van der Waals surface area contributed by atoms with E-state index in [2.05, 4.69) is 84.2 Å². The molecule has 7 heteroatoms. The van der Waals surface area contributed by atoms with Gasteiger partial charge in [-0.3, -0.25) is 9.59 Å². The van der Waals surface area contributed by atoms with Crippen molar-refractivity contribution in [3.05, 3.63) is 35.4 Å². The van der Waals surface area contributed by atoms with Crippen molar-refractivity contribution in [1.29, 1.82) is 0 Å². The predicted molar refractivity (Wildman–Crippen MR) is 170 cm³/mol. The summed E-state index contributed by atoms with van der Waals surface area (Å²) in [7, 11) is 3.82. The SMILES string of the molecule is C#Cc1ccc([C@@H](NC=O)C(C)(C)NC)cc1.CC(C)(C)C.CC(C)(C)CC(=O)N1CCC(O)C1.CNC(C)C. The van der Waals surface area contributed by atoms with E-state index in [1.165, 1.54) is 0 Å². The standard InChI is InChI=1S/C14H18N2O.C10H19NO2.C5H12.C4H11N/c1-5-11-6-8-12(9-7-11)13(16-10-17)14(2,3)15-4;1-10(2,3)6-9(13)11-5-4-8(12)7-11;1-5(2,3)4;1-4(2)5-3/h1,6-10,13,15H,2-4H3,(H,16,17);8,12H,4-7H2,1-3H3;1-4H3;4-5H,1-3H3/t13-;;;/m1.../s1. The zero-order chi connectivity index (χ0) is 31.7. The smallest absolute Gasteiger partial charge is 0.223 e. The quantitative estimate of drug-likeness (QED) is 0.274. The molecule has 2 amide bonds. The first-order valence-electron chi connectivity index (χ1n) is 14.3. The topological polar surface area (TPSA) is 93.7 Å². The number of likely N-dealkylation sites (tertiary alicyclic amines) is 1. The summed E-state index contributed by atoms with van der Waals surface area (Å²) in [5.41, 5.74) is 2.17. The molecular weight excluding hydrogens is 500 g/mol. The van der Waals surface area contributed by atoms with Crippen LogP contribution in [0.3, 0.4) is 0 Å². The van der Waals surface area contributed by atoms with Crippen LogP contribution < -0.4 is 16.0 Å². The number of likely N-dealkylation sites (N-methyl/N-ethyl adjacent to an activating group) is 1. The Hall–Kier alpha value is -2.40. The van der Waals surface area contributed by atoms with Crippen LogP contribution in [0.5, 0.6) is 0 Å². The number of β-amino-alcohol motifs (C(OH)–C–C–N with tert-alkyl or cyclic N) is 1. The number of nitrogens with one attached hydrogen (secondary N) is 3. The van der Waals surface area contributed by atoms with Crippen molar-refractivity contribution in [2.45, 2.75) is 113 Å². The minimum Gasteiger partial charge on any atom is -0.391 e. The highest BCUT2D eigenvalue weighted by Crippen LogP contribution is 2.25. The Morgan fingerprint density at radius 3 is 1.85 bits per heavy atom. The number of carbonyl (C=O) groups excluding carboxylic acids is 2. The zero-order valence-corrected chi connectivity index (χ0v) is 27.7. The molecule has 1 heterocycles. The molecule has 1 aliphatic rings. The fourth-order valence-corrected chi connectivity index (χ4v) is 3.24. The molecule has 1 fully saturated rings. The van der Waals surface area contributed by atoms with E-state index in [1.54, 1.807) is 4.90 Å². The number of carbonyl (C=O) groups is 2. The molecule has 230 valence electrons. The minimum atomic E-state index is -0.302. The molecule has 0 aromatic heterocycles. The van der Waals surface area contributed by atoms with Gasteiger partial charge in [0.2, 0.25) is 12.3 Å². The van der Waals surface area contributed by atoms with Crippen LogP contribution in [-0.2, 0) is 9.59 Å². The van der Waals surface area contributed by atoms with Gasteiger partial charge in [0.05, 0.1) is 12.1 Å². The van der Waals surface area contributed by atoms with Crippen LogP contribution >= 0.6 is 0 Å². The van der Waals surface area contributed by atoms with E-state index in [1.807, 2.05) is 52.2 Å². The van der Waals surface area contributed by atoms with E-state index in [0.29, 0.717) is 24.4 Å². The summed E-state index contributed by atoms with van der Waals surface area (Å²) in [5, 5.41) is 18.3. The Balaban J connectivity index is 0. The number of aliphatic hydroxyl groups excluding tert-OH is 1. The molecule has 1 aromatic carbocycles. The zero-order valence-electron chi connectivity index (χ0n) is 27.7. The highest BCUT2D eigenvalue weighted by Gasteiger charge is 2.29. The lowest BCUT2D eigenvalue weighted by Gasteiger charge is -2.34. The van der Waals surface area contributed by atoms with Gasteiger partial charge in [-0.25, -0.2) is 0 Å². The van der Waals surface area contributed by atoms with Gasteiger partial charge in [0, 0.05) is 36.7 Å². The van der Waals surface area contributed by atoms with E-state index in [9.17, 15) is 14.7 Å². The van der Waals surface area contributed by atoms with Crippen molar-refractivity contribution in [2.75, 3.05) is 27.2 Å². The third kappa shape index (κ3) is 20.5. The van der Waals surface area contributed by atoms with Crippen molar-refractivity contribution in [3.63, 3.8) is 0 Å². The van der Waals surface area contributed by atoms with Crippen LogP contribution in [0.4, 0.5) is 0 Å². The monoisotopic (exact) mass is 560 g/mol. The number of rotatable bonds is 7. The Bertz CT molecular complexity index is 869. The van der Waals surface area contributed by atoms with Crippen molar-refractivity contribution >= 4 is 12.3 Å². The third-order valence-corrected chi connectivity index (χ3v) is 5.79. The maximum absolute atomic E-state index is 11.6. The Labute approximate surface area is 246 Å². The number of amides is 2. The molecule has 1 aromatic rings. The molecule has 4 N–H and O–H groups in total. The summed E-state index contributed by atoms with van der Waals surface area (Å²) in [4.78, 5) is 24.1. The second kappa shape index (κ2) is 18.9. The molecule has 0 radical (unpaired) electrons. The Morgan fingerprint density at radius 2 is 1.55 bits per heavy atom. The molecule has 0 aliphatic carbocycles. The second-order valence-corrected chi connectivity index (χ2v) is 13.9. The molecule has 7 nitrogen and oxygen atoms in total. The summed E-state index contributed by atoms with van der Waals surface area (Å²) in [6.45, 7) is 24.4. The first-order valence-corrected chi connectivity index (χ1v) is 14.3. The summed E-state index contributed by atoms with van der Waals surface area (Å²) < 4.78 is 0. The minimum absolute atomic E-state index is 0.0463. The van der Waals surface area contributed by atoms with E-state index in [-0.39, 0.29) is 29.0 Å². The van der Waals surface area contributed by atoms with Gasteiger partial charge in [-0.05, 0) is 62.9 Å². The van der Waals surface area contributed by atoms with Gasteiger partial charge in [-0.1, -0.05) is 80.4 Å². The molecule has 2 rings (SSSR count). The molecule has 1 aliphatic heterocycles. The summed E-state index contributed by atoms with van der Waals surface area (Å²) in [6, 6.07) is 8.17. The lowest BCUT2D eigenvalue weighted by molar-refractivity contribution is -0.132. The van der Waals surface area contributed by atoms with Crippen LogP contribution in [0.2, 0.25) is 0 Å². The fraction of sp³-hybridized carbons (Fsp3) is 0.697. The number of aliphatic hydroxyl groups is 1. The van der Waals surface area contributed by atoms with Gasteiger partial charge in [0.25, 0.3) is 0 Å². The number of hydrogen-bond acceptors (Lipinski definition) is 5. The molecular formula is C33H60N4O3. The number of terminal acetylenes is 1. The highest BCUT2D eigenvalue weighted by atomic mass is 16.3. The van der Waals surface area contributed by atoms with Gasteiger partial charge in [-0.2, -0.15) is 0 Å². The average molecular weight is 561 g/mol. The van der Waals surface area contributed by atoms with Crippen LogP contribution in [-0.4, -0.2) is 67.2 Å². The molecule has 0 bridgehead atoms. The van der Waals surface area contributed by atoms with Crippen molar-refractivity contribution in [1.82, 2.24) is 20.9 Å². The average Bonchev–Trinajstić information content (AvgIpc) is 3.28. The fourth-order valence-electron chi connectivity index (χ4n) is 3.24. The van der Waals surface area contributed by atoms with Gasteiger partial charge in [0.15, 0.2) is 0 Å². The van der Waals surface area contributed by atoms with E-state index in [0.717, 1.165) is 30.5 Å². The normalized spacial score (nSPS) is 15.8. The molecule has 1 saturated heterocycles. The van der Waals surface area contributed by atoms with Crippen molar-refractivity contribution in [2.24, 2.45) is 10.8 Å². The second-order valence-electron chi connectivity index (χ2n) is 13.9. The third-order valence-electron chi connectivity index (χ3n) is 5.79. The van der Waals surface area contributed by atoms with Gasteiger partial charge in [-0.15, -0.1) is 6.42 Å². The van der Waals surface area contributed by atoms with Gasteiger partial charge >= 0.3 is 0 Å². The predicted octanol–water partition coefficient (Wildman–Crippen LogP) is 5.14. The summed E-state index contributed by atoms with van der Waals surface area (Å²) in [6.07, 6.45) is 7.03. The number of nitrogens with zero attached hydrogens (tertiary/aromatic N) is 1. The first-order chi connectivity index (χ1) is 18.2. The van der Waals surface area contributed by atoms with Crippen LogP contribution in [0.15, 0.2) is 24.3 Å². The van der Waals surface area contributed by atoms with E-state index < -0.39 is 0 Å². The van der Waals surface area contributed by atoms with Crippen LogP contribution in [0.25, 0.3) is 0 Å². The van der Waals surface area contributed by atoms with Gasteiger partial charge < -0.3 is 26.0 Å². The molecule has 0 saturated carbocycles. The maximum Gasteiger partial charge on any atom is 0.223 e. The lowest BCUT2D eigenvalue weighted by Crippen LogP contribution is -2.48. The molecule has 1 unspecified atom stereocenters. The Kier molecular flexibility index (Phi) is 18.7. The lowest BCUT2D eigenvalue weighted by atomic mass is 9.88. The molecule has 40 heavy (non-hydrogen) atoms. The summed E-state index contributed by atoms with van der Waals surface area (Å²) in [5.74, 6) is 2.74.